The van der Waals surface area contributed by atoms with Gasteiger partial charge in [-0.2, -0.15) is 0 Å². The number of ether oxygens (including phenoxy) is 1. The molecule has 1 N–H and O–H groups in total. The molecule has 1 heterocycles. The first-order valence-corrected chi connectivity index (χ1v) is 7.02. The number of amides is 1. The minimum atomic E-state index is -1.14. The predicted molar refractivity (Wildman–Crippen MR) is 78.2 cm³/mol. The number of nitrogens with zero attached hydrogens (tertiary/aromatic N) is 1. The molecule has 110 valence electrons. The first kappa shape index (κ1) is 15.4. The Morgan fingerprint density at radius 3 is 2.45 bits per heavy atom. The summed E-state index contributed by atoms with van der Waals surface area (Å²) in [6, 6.07) is 4.92. The van der Waals surface area contributed by atoms with Gasteiger partial charge in [0.1, 0.15) is 11.2 Å². The van der Waals surface area contributed by atoms with E-state index in [1.54, 1.807) is 39.0 Å². The van der Waals surface area contributed by atoms with Gasteiger partial charge in [0.25, 0.3) is 0 Å². The molecule has 0 aliphatic carbocycles. The Bertz CT molecular complexity index is 534. The van der Waals surface area contributed by atoms with E-state index >= 15 is 0 Å². The standard InChI is InChI=1S/C14H17Cl2NO3/c1-13(2,3)20-12(18)17-7-14(19,8-17)10-5-4-9(15)6-11(10)16/h4-6,19H,7-8H2,1-3H3. The smallest absolute Gasteiger partial charge is 0.410 e. The Kier molecular flexibility index (Phi) is 3.93. The van der Waals surface area contributed by atoms with Crippen molar-refractivity contribution < 1.29 is 14.6 Å². The van der Waals surface area contributed by atoms with Gasteiger partial charge in [-0.25, -0.2) is 4.79 Å². The average molecular weight is 318 g/mol. The van der Waals surface area contributed by atoms with E-state index in [9.17, 15) is 9.90 Å². The highest BCUT2D eigenvalue weighted by Gasteiger charge is 2.47. The number of carbonyl (C=O) groups is 1. The highest BCUT2D eigenvalue weighted by molar-refractivity contribution is 6.35. The molecule has 1 aromatic carbocycles. The number of rotatable bonds is 1. The fourth-order valence-electron chi connectivity index (χ4n) is 2.08. The molecule has 6 heteroatoms. The third-order valence-corrected chi connectivity index (χ3v) is 3.54. The number of β-amino-alcohol motifs (C(OH)–C–C–N with tert-alkyl or cyclic N) is 1. The minimum Gasteiger partial charge on any atom is -0.444 e. The Hall–Kier alpha value is -0.970. The lowest BCUT2D eigenvalue weighted by Gasteiger charge is -2.46. The van der Waals surface area contributed by atoms with Crippen molar-refractivity contribution in [2.45, 2.75) is 32.0 Å². The number of carbonyl (C=O) groups excluding carboxylic acids is 1. The summed E-state index contributed by atoms with van der Waals surface area (Å²) >= 11 is 11.9. The van der Waals surface area contributed by atoms with E-state index in [4.69, 9.17) is 27.9 Å². The highest BCUT2D eigenvalue weighted by Crippen LogP contribution is 2.37. The second-order valence-electron chi connectivity index (χ2n) is 5.99. The Morgan fingerprint density at radius 2 is 1.95 bits per heavy atom. The van der Waals surface area contributed by atoms with Crippen LogP contribution in [0.3, 0.4) is 0 Å². The zero-order valence-corrected chi connectivity index (χ0v) is 13.1. The van der Waals surface area contributed by atoms with E-state index in [1.165, 1.54) is 4.90 Å². The molecule has 20 heavy (non-hydrogen) atoms. The molecule has 2 rings (SSSR count). The van der Waals surface area contributed by atoms with Crippen molar-refractivity contribution in [3.05, 3.63) is 33.8 Å². The van der Waals surface area contributed by atoms with Gasteiger partial charge in [-0.05, 0) is 32.9 Å². The van der Waals surface area contributed by atoms with Gasteiger partial charge in [0, 0.05) is 15.6 Å². The lowest BCUT2D eigenvalue weighted by molar-refractivity contribution is -0.103. The number of benzene rings is 1. The van der Waals surface area contributed by atoms with Crippen LogP contribution in [0.1, 0.15) is 26.3 Å². The molecular formula is C14H17Cl2NO3. The van der Waals surface area contributed by atoms with Crippen molar-refractivity contribution in [2.24, 2.45) is 0 Å². The zero-order valence-electron chi connectivity index (χ0n) is 11.6. The third-order valence-electron chi connectivity index (χ3n) is 2.99. The van der Waals surface area contributed by atoms with Crippen LogP contribution >= 0.6 is 23.2 Å². The fourth-order valence-corrected chi connectivity index (χ4v) is 2.66. The van der Waals surface area contributed by atoms with E-state index in [0.717, 1.165) is 0 Å². The summed E-state index contributed by atoms with van der Waals surface area (Å²) in [5.74, 6) is 0. The molecule has 1 fully saturated rings. The maximum absolute atomic E-state index is 11.8. The Labute approximate surface area is 128 Å². The fraction of sp³-hybridized carbons (Fsp3) is 0.500. The number of aliphatic hydroxyl groups is 1. The van der Waals surface area contributed by atoms with Crippen LogP contribution in [0.4, 0.5) is 4.79 Å². The van der Waals surface area contributed by atoms with Crippen molar-refractivity contribution >= 4 is 29.3 Å². The van der Waals surface area contributed by atoms with Gasteiger partial charge in [-0.15, -0.1) is 0 Å². The summed E-state index contributed by atoms with van der Waals surface area (Å²) in [5, 5.41) is 11.4. The second kappa shape index (κ2) is 5.10. The first-order valence-electron chi connectivity index (χ1n) is 6.27. The molecule has 4 nitrogen and oxygen atoms in total. The van der Waals surface area contributed by atoms with Crippen LogP contribution in [0.2, 0.25) is 10.0 Å². The first-order chi connectivity index (χ1) is 9.11. The maximum atomic E-state index is 11.8. The van der Waals surface area contributed by atoms with Crippen molar-refractivity contribution in [3.63, 3.8) is 0 Å². The summed E-state index contributed by atoms with van der Waals surface area (Å²) < 4.78 is 5.24. The van der Waals surface area contributed by atoms with Crippen LogP contribution in [-0.4, -0.2) is 34.8 Å². The number of hydrogen-bond acceptors (Lipinski definition) is 3. The molecule has 1 aromatic rings. The molecule has 0 saturated carbocycles. The van der Waals surface area contributed by atoms with Crippen molar-refractivity contribution in [1.29, 1.82) is 0 Å². The highest BCUT2D eigenvalue weighted by atomic mass is 35.5. The molecule has 0 unspecified atom stereocenters. The molecule has 0 spiro atoms. The van der Waals surface area contributed by atoms with Crippen molar-refractivity contribution in [1.82, 2.24) is 4.90 Å². The summed E-state index contributed by atoms with van der Waals surface area (Å²) in [4.78, 5) is 13.3. The van der Waals surface area contributed by atoms with E-state index in [2.05, 4.69) is 0 Å². The van der Waals surface area contributed by atoms with E-state index in [-0.39, 0.29) is 13.1 Å². The van der Waals surface area contributed by atoms with Crippen LogP contribution in [0.25, 0.3) is 0 Å². The maximum Gasteiger partial charge on any atom is 0.410 e. The average Bonchev–Trinajstić information content (AvgIpc) is 2.22. The molecule has 0 aromatic heterocycles. The van der Waals surface area contributed by atoms with Crippen molar-refractivity contribution in [3.8, 4) is 0 Å². The molecular weight excluding hydrogens is 301 g/mol. The van der Waals surface area contributed by atoms with E-state index < -0.39 is 17.3 Å². The summed E-state index contributed by atoms with van der Waals surface area (Å²) in [6.45, 7) is 5.71. The molecule has 0 atom stereocenters. The monoisotopic (exact) mass is 317 g/mol. The lowest BCUT2D eigenvalue weighted by Crippen LogP contribution is -2.62. The van der Waals surface area contributed by atoms with Crippen molar-refractivity contribution in [2.75, 3.05) is 13.1 Å². The van der Waals surface area contributed by atoms with Crippen LogP contribution in [0, 0.1) is 0 Å². The number of halogens is 2. The largest absolute Gasteiger partial charge is 0.444 e. The van der Waals surface area contributed by atoms with E-state index in [1.807, 2.05) is 0 Å². The molecule has 0 radical (unpaired) electrons. The van der Waals surface area contributed by atoms with Gasteiger partial charge in [0.15, 0.2) is 0 Å². The van der Waals surface area contributed by atoms with Gasteiger partial charge in [0.05, 0.1) is 13.1 Å². The lowest BCUT2D eigenvalue weighted by atomic mass is 9.86. The zero-order chi connectivity index (χ0) is 15.1. The number of hydrogen-bond donors (Lipinski definition) is 1. The Balaban J connectivity index is 2.05. The SMILES string of the molecule is CC(C)(C)OC(=O)N1CC(O)(c2ccc(Cl)cc2Cl)C1. The van der Waals surface area contributed by atoms with Crippen LogP contribution in [0.15, 0.2) is 18.2 Å². The van der Waals surface area contributed by atoms with Gasteiger partial charge in [-0.3, -0.25) is 0 Å². The molecule has 0 bridgehead atoms. The quantitative estimate of drug-likeness (QED) is 0.863. The predicted octanol–water partition coefficient (Wildman–Crippen LogP) is 3.43. The summed E-state index contributed by atoms with van der Waals surface area (Å²) in [7, 11) is 0. The van der Waals surface area contributed by atoms with Gasteiger partial charge in [-0.1, -0.05) is 29.3 Å². The van der Waals surface area contributed by atoms with Gasteiger partial charge < -0.3 is 14.7 Å². The van der Waals surface area contributed by atoms with Crippen LogP contribution < -0.4 is 0 Å². The summed E-state index contributed by atoms with van der Waals surface area (Å²) in [5.41, 5.74) is -1.12. The molecule has 1 aliphatic rings. The normalized spacial score (nSPS) is 17.6. The molecule has 1 amide bonds. The minimum absolute atomic E-state index is 0.156. The second-order valence-corrected chi connectivity index (χ2v) is 6.84. The summed E-state index contributed by atoms with van der Waals surface area (Å²) in [6.07, 6.45) is -0.438. The van der Waals surface area contributed by atoms with Crippen LogP contribution in [-0.2, 0) is 10.3 Å². The van der Waals surface area contributed by atoms with Gasteiger partial charge >= 0.3 is 6.09 Å². The topological polar surface area (TPSA) is 49.8 Å². The Morgan fingerprint density at radius 1 is 1.35 bits per heavy atom. The van der Waals surface area contributed by atoms with Crippen LogP contribution in [0.5, 0.6) is 0 Å². The number of likely N-dealkylation sites (tertiary alicyclic amines) is 1. The molecule has 1 aliphatic heterocycles. The van der Waals surface area contributed by atoms with Gasteiger partial charge in [0.2, 0.25) is 0 Å². The molecule has 1 saturated heterocycles. The third kappa shape index (κ3) is 3.19. The van der Waals surface area contributed by atoms with E-state index in [0.29, 0.717) is 15.6 Å².